The highest BCUT2D eigenvalue weighted by atomic mass is 16.3. The number of aryl methyl sites for hydroxylation is 1. The van der Waals surface area contributed by atoms with Crippen LogP contribution in [0.25, 0.3) is 0 Å². The highest BCUT2D eigenvalue weighted by molar-refractivity contribution is 5.82. The van der Waals surface area contributed by atoms with Gasteiger partial charge in [0, 0.05) is 38.9 Å². The molecule has 5 heteroatoms. The number of hydrogen-bond acceptors (Lipinski definition) is 4. The van der Waals surface area contributed by atoms with Crippen LogP contribution in [0, 0.1) is 12.3 Å². The first-order chi connectivity index (χ1) is 12.3. The van der Waals surface area contributed by atoms with Crippen molar-refractivity contribution in [2.75, 3.05) is 44.7 Å². The van der Waals surface area contributed by atoms with Crippen LogP contribution < -0.4 is 10.2 Å². The van der Waals surface area contributed by atoms with E-state index in [0.29, 0.717) is 6.54 Å². The summed E-state index contributed by atoms with van der Waals surface area (Å²) >= 11 is 0. The van der Waals surface area contributed by atoms with E-state index in [-0.39, 0.29) is 11.3 Å². The first-order valence-electron chi connectivity index (χ1n) is 9.82. The van der Waals surface area contributed by atoms with E-state index in [9.17, 15) is 9.90 Å². The lowest BCUT2D eigenvalue weighted by Crippen LogP contribution is -2.56. The number of β-amino-alcohol motifs (C(OH)–C–C–N with tert-alkyl or cyclic N) is 1. The summed E-state index contributed by atoms with van der Waals surface area (Å²) in [6.07, 6.45) is 3.47. The summed E-state index contributed by atoms with van der Waals surface area (Å²) in [5, 5.41) is 13.9. The third-order valence-corrected chi connectivity index (χ3v) is 6.16. The summed E-state index contributed by atoms with van der Waals surface area (Å²) < 4.78 is 0. The molecule has 144 valence electrons. The summed E-state index contributed by atoms with van der Waals surface area (Å²) in [7, 11) is 1.71. The van der Waals surface area contributed by atoms with Crippen molar-refractivity contribution in [3.8, 4) is 0 Å². The van der Waals surface area contributed by atoms with Crippen LogP contribution in [-0.4, -0.2) is 61.3 Å². The molecule has 0 bridgehead atoms. The molecule has 1 amide bonds. The van der Waals surface area contributed by atoms with Gasteiger partial charge < -0.3 is 15.3 Å². The van der Waals surface area contributed by atoms with Crippen molar-refractivity contribution in [2.24, 2.45) is 5.41 Å². The molecular weight excluding hydrogens is 326 g/mol. The Morgan fingerprint density at radius 2 is 1.81 bits per heavy atom. The van der Waals surface area contributed by atoms with E-state index in [1.165, 1.54) is 11.3 Å². The van der Waals surface area contributed by atoms with Gasteiger partial charge in [0.15, 0.2) is 0 Å². The van der Waals surface area contributed by atoms with Gasteiger partial charge in [-0.15, -0.1) is 0 Å². The van der Waals surface area contributed by atoms with E-state index in [4.69, 9.17) is 0 Å². The van der Waals surface area contributed by atoms with Crippen LogP contribution in [0.2, 0.25) is 0 Å². The topological polar surface area (TPSA) is 55.8 Å². The molecule has 2 heterocycles. The lowest BCUT2D eigenvalue weighted by Gasteiger charge is -2.45. The molecule has 2 fully saturated rings. The molecular formula is C21H33N3O2. The molecule has 0 aliphatic carbocycles. The summed E-state index contributed by atoms with van der Waals surface area (Å²) in [5.74, 6) is 0.114. The number of carbonyl (C=O) groups excluding carboxylic acids is 1. The van der Waals surface area contributed by atoms with Crippen LogP contribution in [0.4, 0.5) is 5.69 Å². The lowest BCUT2D eigenvalue weighted by molar-refractivity contribution is -0.134. The molecule has 0 radical (unpaired) electrons. The Morgan fingerprint density at radius 1 is 1.15 bits per heavy atom. The third kappa shape index (κ3) is 4.21. The number of benzene rings is 1. The average Bonchev–Trinajstić information content (AvgIpc) is 2.62. The maximum absolute atomic E-state index is 12.2. The maximum Gasteiger partial charge on any atom is 0.226 e. The lowest BCUT2D eigenvalue weighted by atomic mass is 9.80. The predicted octanol–water partition coefficient (Wildman–Crippen LogP) is 2.17. The zero-order valence-corrected chi connectivity index (χ0v) is 16.4. The molecule has 0 unspecified atom stereocenters. The maximum atomic E-state index is 12.2. The number of nitrogens with one attached hydrogen (secondary N) is 1. The van der Waals surface area contributed by atoms with Gasteiger partial charge in [0.1, 0.15) is 0 Å². The molecule has 1 atom stereocenters. The van der Waals surface area contributed by atoms with Crippen molar-refractivity contribution < 1.29 is 9.90 Å². The average molecular weight is 360 g/mol. The minimum Gasteiger partial charge on any atom is -0.388 e. The Kier molecular flexibility index (Phi) is 5.58. The van der Waals surface area contributed by atoms with E-state index >= 15 is 0 Å². The second kappa shape index (κ2) is 7.57. The van der Waals surface area contributed by atoms with Gasteiger partial charge in [-0.25, -0.2) is 0 Å². The smallest absolute Gasteiger partial charge is 0.226 e. The van der Waals surface area contributed by atoms with Gasteiger partial charge in [-0.3, -0.25) is 9.69 Å². The fourth-order valence-corrected chi connectivity index (χ4v) is 4.48. The Balaban J connectivity index is 1.57. The number of piperidine rings is 2. The zero-order valence-electron chi connectivity index (χ0n) is 16.4. The van der Waals surface area contributed by atoms with Crippen molar-refractivity contribution in [1.82, 2.24) is 10.2 Å². The molecule has 2 N–H and O–H groups in total. The fraction of sp³-hybridized carbons (Fsp3) is 0.667. The molecule has 0 spiro atoms. The molecule has 1 aromatic carbocycles. The molecule has 0 aromatic heterocycles. The van der Waals surface area contributed by atoms with Crippen LogP contribution >= 0.6 is 0 Å². The van der Waals surface area contributed by atoms with E-state index in [0.717, 1.165) is 51.9 Å². The minimum absolute atomic E-state index is 0.114. The zero-order chi connectivity index (χ0) is 18.8. The number of likely N-dealkylation sites (tertiary alicyclic amines) is 1. The van der Waals surface area contributed by atoms with Crippen molar-refractivity contribution in [1.29, 1.82) is 0 Å². The van der Waals surface area contributed by atoms with Crippen LogP contribution in [0.1, 0.15) is 38.2 Å². The number of aliphatic hydroxyl groups is 1. The predicted molar refractivity (Wildman–Crippen MR) is 105 cm³/mol. The van der Waals surface area contributed by atoms with Gasteiger partial charge in [0.2, 0.25) is 5.91 Å². The first-order valence-corrected chi connectivity index (χ1v) is 9.82. The normalized spacial score (nSPS) is 26.5. The van der Waals surface area contributed by atoms with Crippen LogP contribution in [-0.2, 0) is 4.79 Å². The van der Waals surface area contributed by atoms with E-state index in [1.807, 2.05) is 6.92 Å². The summed E-state index contributed by atoms with van der Waals surface area (Å²) in [6.45, 7) is 8.26. The van der Waals surface area contributed by atoms with Crippen LogP contribution in [0.3, 0.4) is 0 Å². The summed E-state index contributed by atoms with van der Waals surface area (Å²) in [4.78, 5) is 16.9. The van der Waals surface area contributed by atoms with Gasteiger partial charge >= 0.3 is 0 Å². The fourth-order valence-electron chi connectivity index (χ4n) is 4.48. The molecule has 0 saturated carbocycles. The number of amides is 1. The SMILES string of the molecule is CNC(=O)[C@@]1(C)CCCN(CC2(O)CCN(c3ccc(C)cc3)CC2)C1. The van der Waals surface area contributed by atoms with Gasteiger partial charge in [-0.05, 0) is 58.2 Å². The van der Waals surface area contributed by atoms with Crippen LogP contribution in [0.5, 0.6) is 0 Å². The Morgan fingerprint density at radius 3 is 2.42 bits per heavy atom. The quantitative estimate of drug-likeness (QED) is 0.865. The first kappa shape index (κ1) is 19.2. The van der Waals surface area contributed by atoms with Crippen molar-refractivity contribution in [2.45, 2.75) is 45.1 Å². The molecule has 1 aromatic rings. The largest absolute Gasteiger partial charge is 0.388 e. The van der Waals surface area contributed by atoms with E-state index < -0.39 is 5.60 Å². The summed E-state index contributed by atoms with van der Waals surface area (Å²) in [5.41, 5.74) is 1.52. The van der Waals surface area contributed by atoms with E-state index in [1.54, 1.807) is 7.05 Å². The second-order valence-electron chi connectivity index (χ2n) is 8.50. The third-order valence-electron chi connectivity index (χ3n) is 6.16. The highest BCUT2D eigenvalue weighted by Crippen LogP contribution is 2.33. The number of anilines is 1. The molecule has 26 heavy (non-hydrogen) atoms. The van der Waals surface area contributed by atoms with E-state index in [2.05, 4.69) is 46.3 Å². The van der Waals surface area contributed by atoms with Crippen molar-refractivity contribution >= 4 is 11.6 Å². The Hall–Kier alpha value is -1.59. The monoisotopic (exact) mass is 359 g/mol. The van der Waals surface area contributed by atoms with Gasteiger partial charge in [0.25, 0.3) is 0 Å². The number of carbonyl (C=O) groups is 1. The minimum atomic E-state index is -0.651. The molecule has 5 nitrogen and oxygen atoms in total. The van der Waals surface area contributed by atoms with Crippen molar-refractivity contribution in [3.63, 3.8) is 0 Å². The van der Waals surface area contributed by atoms with Gasteiger partial charge in [-0.2, -0.15) is 0 Å². The van der Waals surface area contributed by atoms with Crippen molar-refractivity contribution in [3.05, 3.63) is 29.8 Å². The Labute approximate surface area is 157 Å². The molecule has 2 saturated heterocycles. The second-order valence-corrected chi connectivity index (χ2v) is 8.50. The van der Waals surface area contributed by atoms with Gasteiger partial charge in [0.05, 0.1) is 11.0 Å². The number of rotatable bonds is 4. The Bertz CT molecular complexity index is 623. The molecule has 2 aliphatic rings. The van der Waals surface area contributed by atoms with Crippen LogP contribution in [0.15, 0.2) is 24.3 Å². The highest BCUT2D eigenvalue weighted by Gasteiger charge is 2.41. The number of hydrogen-bond donors (Lipinski definition) is 2. The van der Waals surface area contributed by atoms with Gasteiger partial charge in [-0.1, -0.05) is 17.7 Å². The summed E-state index contributed by atoms with van der Waals surface area (Å²) in [6, 6.07) is 8.62. The number of nitrogens with zero attached hydrogens (tertiary/aromatic N) is 2. The molecule has 3 rings (SSSR count). The standard InChI is InChI=1S/C21H33N3O2/c1-17-5-7-18(8-6-17)24-13-10-21(26,11-14-24)16-23-12-4-9-20(2,15-23)19(25)22-3/h5-8,26H,4,9-16H2,1-3H3,(H,22,25)/t20-/m0/s1. The molecule has 2 aliphatic heterocycles.